The Morgan fingerprint density at radius 1 is 1.25 bits per heavy atom. The first kappa shape index (κ1) is 13.3. The van der Waals surface area contributed by atoms with Crippen LogP contribution in [-0.4, -0.2) is 34.2 Å². The monoisotopic (exact) mass is 291 g/mol. The highest BCUT2D eigenvalue weighted by atomic mass is 32.2. The molecule has 0 amide bonds. The number of benzene rings is 1. The zero-order valence-corrected chi connectivity index (χ0v) is 12.2. The fourth-order valence-electron chi connectivity index (χ4n) is 1.90. The quantitative estimate of drug-likeness (QED) is 0.580. The number of rotatable bonds is 7. The van der Waals surface area contributed by atoms with Crippen molar-refractivity contribution >= 4 is 11.8 Å². The van der Waals surface area contributed by atoms with Gasteiger partial charge in [0.25, 0.3) is 0 Å². The molecule has 1 fully saturated rings. The van der Waals surface area contributed by atoms with Crippen LogP contribution in [0.15, 0.2) is 35.7 Å². The first-order chi connectivity index (χ1) is 9.86. The number of methoxy groups -OCH3 is 1. The lowest BCUT2D eigenvalue weighted by molar-refractivity contribution is 0.342. The van der Waals surface area contributed by atoms with Crippen LogP contribution < -0.4 is 9.47 Å². The van der Waals surface area contributed by atoms with Crippen molar-refractivity contribution in [2.24, 2.45) is 0 Å². The van der Waals surface area contributed by atoms with Crippen molar-refractivity contribution in [3.63, 3.8) is 0 Å². The predicted octanol–water partition coefficient (Wildman–Crippen LogP) is 2.79. The van der Waals surface area contributed by atoms with Crippen LogP contribution in [0.4, 0.5) is 0 Å². The molecule has 106 valence electrons. The minimum absolute atomic E-state index is 0.620. The van der Waals surface area contributed by atoms with Crippen LogP contribution >= 0.6 is 11.8 Å². The van der Waals surface area contributed by atoms with E-state index in [9.17, 15) is 0 Å². The lowest BCUT2D eigenvalue weighted by Crippen LogP contribution is -2.02. The number of hydrogen-bond acceptors (Lipinski definition) is 5. The number of nitrogens with zero attached hydrogens (tertiary/aromatic N) is 3. The molecule has 1 heterocycles. The zero-order valence-electron chi connectivity index (χ0n) is 11.4. The summed E-state index contributed by atoms with van der Waals surface area (Å²) in [7, 11) is 1.66. The van der Waals surface area contributed by atoms with E-state index in [1.807, 2.05) is 30.6 Å². The Labute approximate surface area is 122 Å². The summed E-state index contributed by atoms with van der Waals surface area (Å²) < 4.78 is 13.0. The predicted molar refractivity (Wildman–Crippen MR) is 77.5 cm³/mol. The molecule has 1 aliphatic rings. The average Bonchev–Trinajstić information content (AvgIpc) is 3.23. The molecule has 0 N–H and O–H groups in total. The molecule has 6 heteroatoms. The van der Waals surface area contributed by atoms with Gasteiger partial charge >= 0.3 is 0 Å². The Morgan fingerprint density at radius 2 is 2.00 bits per heavy atom. The molecule has 1 aliphatic carbocycles. The van der Waals surface area contributed by atoms with Gasteiger partial charge in [-0.15, -0.1) is 10.2 Å². The number of aromatic nitrogens is 3. The Hall–Kier alpha value is -1.69. The minimum atomic E-state index is 0.620. The number of hydrogen-bond donors (Lipinski definition) is 0. The fraction of sp³-hybridized carbons (Fsp3) is 0.429. The molecule has 1 aromatic carbocycles. The molecule has 5 nitrogen and oxygen atoms in total. The summed E-state index contributed by atoms with van der Waals surface area (Å²) in [6.07, 6.45) is 4.31. The normalized spacial score (nSPS) is 14.2. The third-order valence-corrected chi connectivity index (χ3v) is 4.04. The van der Waals surface area contributed by atoms with Crippen LogP contribution in [0.2, 0.25) is 0 Å². The highest BCUT2D eigenvalue weighted by Gasteiger charge is 2.26. The van der Waals surface area contributed by atoms with Crippen LogP contribution in [-0.2, 0) is 0 Å². The maximum atomic E-state index is 5.69. The van der Waals surface area contributed by atoms with E-state index in [-0.39, 0.29) is 0 Å². The molecule has 0 radical (unpaired) electrons. The van der Waals surface area contributed by atoms with E-state index < -0.39 is 0 Å². The van der Waals surface area contributed by atoms with E-state index in [1.54, 1.807) is 18.9 Å². The summed E-state index contributed by atoms with van der Waals surface area (Å²) in [5.41, 5.74) is 0. The summed E-state index contributed by atoms with van der Waals surface area (Å²) in [4.78, 5) is 0. The molecule has 0 spiro atoms. The van der Waals surface area contributed by atoms with Gasteiger partial charge in [-0.25, -0.2) is 0 Å². The van der Waals surface area contributed by atoms with Crippen LogP contribution in [0.1, 0.15) is 18.9 Å². The summed E-state index contributed by atoms with van der Waals surface area (Å²) >= 11 is 1.69. The molecule has 0 bridgehead atoms. The van der Waals surface area contributed by atoms with Gasteiger partial charge in [0.2, 0.25) is 0 Å². The van der Waals surface area contributed by atoms with E-state index in [1.165, 1.54) is 12.8 Å². The van der Waals surface area contributed by atoms with Crippen molar-refractivity contribution in [1.29, 1.82) is 0 Å². The molecule has 2 aromatic rings. The van der Waals surface area contributed by atoms with E-state index in [0.717, 1.165) is 22.4 Å². The van der Waals surface area contributed by atoms with Gasteiger partial charge in [0.15, 0.2) is 5.16 Å². The van der Waals surface area contributed by atoms with Crippen LogP contribution in [0, 0.1) is 0 Å². The Kier molecular flexibility index (Phi) is 4.11. The Morgan fingerprint density at radius 3 is 2.70 bits per heavy atom. The molecule has 0 saturated heterocycles. The molecule has 0 atom stereocenters. The molecule has 0 aliphatic heterocycles. The molecule has 1 aromatic heterocycles. The topological polar surface area (TPSA) is 49.2 Å². The minimum Gasteiger partial charge on any atom is -0.497 e. The van der Waals surface area contributed by atoms with Crippen molar-refractivity contribution in [1.82, 2.24) is 14.8 Å². The van der Waals surface area contributed by atoms with E-state index in [0.29, 0.717) is 12.6 Å². The highest BCUT2D eigenvalue weighted by molar-refractivity contribution is 7.99. The number of thioether (sulfide) groups is 1. The molecular weight excluding hydrogens is 274 g/mol. The standard InChI is InChI=1S/C14H17N3O2S/c1-18-12-4-6-13(7-5-12)19-8-9-20-14-16-15-10-17(14)11-2-3-11/h4-7,10-11H,2-3,8-9H2,1H3. The molecule has 20 heavy (non-hydrogen) atoms. The summed E-state index contributed by atoms with van der Waals surface area (Å²) in [6.45, 7) is 0.647. The van der Waals surface area contributed by atoms with E-state index in [4.69, 9.17) is 9.47 Å². The highest BCUT2D eigenvalue weighted by Crippen LogP contribution is 2.37. The van der Waals surface area contributed by atoms with Crippen molar-refractivity contribution in [3.8, 4) is 11.5 Å². The third kappa shape index (κ3) is 3.25. The maximum Gasteiger partial charge on any atom is 0.191 e. The van der Waals surface area contributed by atoms with Gasteiger partial charge < -0.3 is 14.0 Å². The lowest BCUT2D eigenvalue weighted by Gasteiger charge is -2.07. The molecule has 3 rings (SSSR count). The van der Waals surface area contributed by atoms with E-state index in [2.05, 4.69) is 14.8 Å². The van der Waals surface area contributed by atoms with Crippen molar-refractivity contribution < 1.29 is 9.47 Å². The van der Waals surface area contributed by atoms with Gasteiger partial charge in [-0.3, -0.25) is 0 Å². The van der Waals surface area contributed by atoms with Gasteiger partial charge in [-0.2, -0.15) is 0 Å². The third-order valence-electron chi connectivity index (χ3n) is 3.12. The van der Waals surface area contributed by atoms with E-state index >= 15 is 0 Å². The van der Waals surface area contributed by atoms with Crippen LogP contribution in [0.3, 0.4) is 0 Å². The van der Waals surface area contributed by atoms with Crippen LogP contribution in [0.25, 0.3) is 0 Å². The fourth-order valence-corrected chi connectivity index (χ4v) is 2.70. The van der Waals surface area contributed by atoms with Gasteiger partial charge in [0.1, 0.15) is 17.8 Å². The van der Waals surface area contributed by atoms with Crippen molar-refractivity contribution in [2.75, 3.05) is 19.5 Å². The van der Waals surface area contributed by atoms with Crippen molar-refractivity contribution in [3.05, 3.63) is 30.6 Å². The SMILES string of the molecule is COc1ccc(OCCSc2nncn2C2CC2)cc1. The summed E-state index contributed by atoms with van der Waals surface area (Å²) in [6, 6.07) is 8.24. The zero-order chi connectivity index (χ0) is 13.8. The second kappa shape index (κ2) is 6.17. The van der Waals surface area contributed by atoms with Gasteiger partial charge in [-0.1, -0.05) is 11.8 Å². The molecule has 1 saturated carbocycles. The van der Waals surface area contributed by atoms with Crippen LogP contribution in [0.5, 0.6) is 11.5 Å². The lowest BCUT2D eigenvalue weighted by atomic mass is 10.3. The van der Waals surface area contributed by atoms with Gasteiger partial charge in [0, 0.05) is 11.8 Å². The Bertz CT molecular complexity index is 552. The Balaban J connectivity index is 1.44. The largest absolute Gasteiger partial charge is 0.497 e. The van der Waals surface area contributed by atoms with Crippen molar-refractivity contribution in [2.45, 2.75) is 24.0 Å². The first-order valence-electron chi connectivity index (χ1n) is 6.66. The summed E-state index contributed by atoms with van der Waals surface area (Å²) in [5.74, 6) is 2.55. The second-order valence-corrected chi connectivity index (χ2v) is 5.69. The smallest absolute Gasteiger partial charge is 0.191 e. The first-order valence-corrected chi connectivity index (χ1v) is 7.64. The molecule has 0 unspecified atom stereocenters. The van der Waals surface area contributed by atoms with Gasteiger partial charge in [0.05, 0.1) is 13.7 Å². The maximum absolute atomic E-state index is 5.69. The molecular formula is C14H17N3O2S. The average molecular weight is 291 g/mol. The summed E-state index contributed by atoms with van der Waals surface area (Å²) in [5, 5.41) is 9.12. The number of ether oxygens (including phenoxy) is 2. The second-order valence-electron chi connectivity index (χ2n) is 4.62. The van der Waals surface area contributed by atoms with Gasteiger partial charge in [-0.05, 0) is 37.1 Å².